The van der Waals surface area contributed by atoms with Crippen molar-refractivity contribution in [3.8, 4) is 0 Å². The Hall–Kier alpha value is 0.170. The van der Waals surface area contributed by atoms with Gasteiger partial charge in [0, 0.05) is 19.6 Å². The molecule has 1 saturated heterocycles. The predicted molar refractivity (Wildman–Crippen MR) is 73.7 cm³/mol. The van der Waals surface area contributed by atoms with Gasteiger partial charge in [-0.2, -0.15) is 0 Å². The fourth-order valence-electron chi connectivity index (χ4n) is 3.35. The van der Waals surface area contributed by atoms with Crippen LogP contribution in [-0.4, -0.2) is 49.3 Å². The van der Waals surface area contributed by atoms with Crippen molar-refractivity contribution in [2.45, 2.75) is 38.7 Å². The summed E-state index contributed by atoms with van der Waals surface area (Å²) in [5.74, 6) is 0.517. The lowest BCUT2D eigenvalue weighted by Crippen LogP contribution is -2.38. The number of halogens is 1. The number of aliphatic hydroxyl groups is 1. The van der Waals surface area contributed by atoms with E-state index in [4.69, 9.17) is 0 Å². The van der Waals surface area contributed by atoms with Crippen LogP contribution in [0.4, 0.5) is 0 Å². The summed E-state index contributed by atoms with van der Waals surface area (Å²) in [7, 11) is 2.20. The largest absolute Gasteiger partial charge is 0.393 e. The van der Waals surface area contributed by atoms with E-state index >= 15 is 0 Å². The van der Waals surface area contributed by atoms with E-state index in [-0.39, 0.29) is 18.5 Å². The highest BCUT2D eigenvalue weighted by Gasteiger charge is 2.32. The summed E-state index contributed by atoms with van der Waals surface area (Å²) >= 11 is 0. The van der Waals surface area contributed by atoms with Gasteiger partial charge in [0.15, 0.2) is 0 Å². The molecule has 1 saturated carbocycles. The molecule has 3 atom stereocenters. The zero-order valence-electron chi connectivity index (χ0n) is 11.1. The summed E-state index contributed by atoms with van der Waals surface area (Å²) < 4.78 is 0. The molecule has 1 aliphatic carbocycles. The van der Waals surface area contributed by atoms with Gasteiger partial charge in [0.1, 0.15) is 0 Å². The van der Waals surface area contributed by atoms with Gasteiger partial charge in [0.05, 0.1) is 6.10 Å². The van der Waals surface area contributed by atoms with E-state index in [1.54, 1.807) is 0 Å². The Morgan fingerprint density at radius 1 is 1.41 bits per heavy atom. The molecule has 1 aliphatic heterocycles. The first-order valence-corrected chi connectivity index (χ1v) is 6.66. The third-order valence-electron chi connectivity index (χ3n) is 4.27. The van der Waals surface area contributed by atoms with Crippen molar-refractivity contribution >= 4 is 12.4 Å². The van der Waals surface area contributed by atoms with Gasteiger partial charge in [-0.15, -0.1) is 12.4 Å². The fourth-order valence-corrected chi connectivity index (χ4v) is 3.35. The number of hydrogen-bond donors (Lipinski definition) is 2. The molecule has 0 radical (unpaired) electrons. The summed E-state index contributed by atoms with van der Waals surface area (Å²) in [5, 5.41) is 13.3. The minimum Gasteiger partial charge on any atom is -0.393 e. The van der Waals surface area contributed by atoms with Crippen LogP contribution >= 0.6 is 12.4 Å². The molecule has 0 aromatic rings. The van der Waals surface area contributed by atoms with Crippen LogP contribution in [0.3, 0.4) is 0 Å². The fraction of sp³-hybridized carbons (Fsp3) is 1.00. The van der Waals surface area contributed by atoms with Crippen LogP contribution in [0.5, 0.6) is 0 Å². The molecule has 2 rings (SSSR count). The molecule has 17 heavy (non-hydrogen) atoms. The number of rotatable bonds is 4. The topological polar surface area (TPSA) is 35.5 Å². The van der Waals surface area contributed by atoms with Gasteiger partial charge in [-0.3, -0.25) is 0 Å². The molecule has 3 unspecified atom stereocenters. The van der Waals surface area contributed by atoms with Gasteiger partial charge < -0.3 is 15.3 Å². The summed E-state index contributed by atoms with van der Waals surface area (Å²) in [6.07, 6.45) is 4.66. The van der Waals surface area contributed by atoms with E-state index < -0.39 is 0 Å². The van der Waals surface area contributed by atoms with Crippen molar-refractivity contribution in [2.75, 3.05) is 33.2 Å². The van der Waals surface area contributed by atoms with Gasteiger partial charge in [0.2, 0.25) is 0 Å². The van der Waals surface area contributed by atoms with Crippen LogP contribution in [0.1, 0.15) is 32.6 Å². The van der Waals surface area contributed by atoms with Crippen LogP contribution in [-0.2, 0) is 0 Å². The zero-order chi connectivity index (χ0) is 11.6. The van der Waals surface area contributed by atoms with E-state index in [0.29, 0.717) is 11.3 Å². The third kappa shape index (κ3) is 4.09. The van der Waals surface area contributed by atoms with Gasteiger partial charge >= 0.3 is 0 Å². The monoisotopic (exact) mass is 262 g/mol. The molecule has 0 spiro atoms. The highest BCUT2D eigenvalue weighted by atomic mass is 35.5. The molecule has 0 aromatic carbocycles. The van der Waals surface area contributed by atoms with E-state index in [2.05, 4.69) is 24.2 Å². The van der Waals surface area contributed by atoms with Gasteiger partial charge in [-0.05, 0) is 44.2 Å². The Labute approximate surface area is 111 Å². The second-order valence-electron chi connectivity index (χ2n) is 6.19. The average Bonchev–Trinajstić information content (AvgIpc) is 2.77. The Bertz CT molecular complexity index is 231. The van der Waals surface area contributed by atoms with E-state index in [9.17, 15) is 5.11 Å². The first kappa shape index (κ1) is 15.2. The van der Waals surface area contributed by atoms with E-state index in [0.717, 1.165) is 32.6 Å². The quantitative estimate of drug-likeness (QED) is 0.806. The first-order chi connectivity index (χ1) is 7.59. The predicted octanol–water partition coefficient (Wildman–Crippen LogP) is 1.50. The average molecular weight is 263 g/mol. The molecule has 102 valence electrons. The van der Waals surface area contributed by atoms with Crippen molar-refractivity contribution in [3.05, 3.63) is 0 Å². The van der Waals surface area contributed by atoms with Crippen LogP contribution in [0.25, 0.3) is 0 Å². The lowest BCUT2D eigenvalue weighted by molar-refractivity contribution is 0.0969. The minimum absolute atomic E-state index is 0. The Kier molecular flexibility index (Phi) is 5.71. The maximum atomic E-state index is 9.82. The maximum absolute atomic E-state index is 9.82. The van der Waals surface area contributed by atoms with E-state index in [1.807, 2.05) is 0 Å². The van der Waals surface area contributed by atoms with Crippen molar-refractivity contribution in [1.29, 1.82) is 0 Å². The number of nitrogens with one attached hydrogen (secondary N) is 1. The molecule has 4 heteroatoms. The first-order valence-electron chi connectivity index (χ1n) is 6.66. The Morgan fingerprint density at radius 3 is 2.71 bits per heavy atom. The molecule has 0 aromatic heterocycles. The molecular weight excluding hydrogens is 236 g/mol. The molecule has 0 amide bonds. The van der Waals surface area contributed by atoms with Gasteiger partial charge in [-0.1, -0.05) is 13.3 Å². The molecule has 1 heterocycles. The highest BCUT2D eigenvalue weighted by Crippen LogP contribution is 2.29. The second kappa shape index (κ2) is 6.37. The number of nitrogens with zero attached hydrogens (tertiary/aromatic N) is 1. The van der Waals surface area contributed by atoms with Gasteiger partial charge in [0.25, 0.3) is 0 Å². The van der Waals surface area contributed by atoms with Crippen LogP contribution in [0.15, 0.2) is 0 Å². The smallest absolute Gasteiger partial charge is 0.0580 e. The number of aliphatic hydroxyl groups excluding tert-OH is 1. The lowest BCUT2D eigenvalue weighted by atomic mass is 9.89. The second-order valence-corrected chi connectivity index (χ2v) is 6.19. The van der Waals surface area contributed by atoms with Crippen molar-refractivity contribution < 1.29 is 5.11 Å². The molecule has 2 fully saturated rings. The van der Waals surface area contributed by atoms with Crippen LogP contribution in [0, 0.1) is 11.3 Å². The summed E-state index contributed by atoms with van der Waals surface area (Å²) in [5.41, 5.74) is 0.443. The summed E-state index contributed by atoms with van der Waals surface area (Å²) in [6.45, 7) is 6.90. The number of hydrogen-bond acceptors (Lipinski definition) is 3. The van der Waals surface area contributed by atoms with Crippen LogP contribution in [0.2, 0.25) is 0 Å². The molecule has 2 N–H and O–H groups in total. The van der Waals surface area contributed by atoms with Crippen LogP contribution < -0.4 is 5.32 Å². The molecule has 0 bridgehead atoms. The normalized spacial score (nSPS) is 37.4. The van der Waals surface area contributed by atoms with E-state index in [1.165, 1.54) is 19.3 Å². The Balaban J connectivity index is 0.00000144. The van der Waals surface area contributed by atoms with Crippen molar-refractivity contribution in [1.82, 2.24) is 10.2 Å². The SMILES string of the molecule is CN(CC1CCCC1O)CC1(C)CCNC1.Cl. The minimum atomic E-state index is -0.0445. The molecular formula is C13H27ClN2O. The molecule has 3 nitrogen and oxygen atoms in total. The van der Waals surface area contributed by atoms with Gasteiger partial charge in [-0.25, -0.2) is 0 Å². The lowest BCUT2D eigenvalue weighted by Gasteiger charge is -2.31. The maximum Gasteiger partial charge on any atom is 0.0580 e. The molecule has 2 aliphatic rings. The summed E-state index contributed by atoms with van der Waals surface area (Å²) in [4.78, 5) is 2.42. The third-order valence-corrected chi connectivity index (χ3v) is 4.27. The summed E-state index contributed by atoms with van der Waals surface area (Å²) in [6, 6.07) is 0. The highest BCUT2D eigenvalue weighted by molar-refractivity contribution is 5.85. The Morgan fingerprint density at radius 2 is 2.18 bits per heavy atom. The zero-order valence-corrected chi connectivity index (χ0v) is 11.9. The van der Waals surface area contributed by atoms with Crippen molar-refractivity contribution in [2.24, 2.45) is 11.3 Å². The van der Waals surface area contributed by atoms with Crippen molar-refractivity contribution in [3.63, 3.8) is 0 Å². The standard InChI is InChI=1S/C13H26N2O.ClH/c1-13(6-7-14-9-13)10-15(2)8-11-4-3-5-12(11)16;/h11-12,14,16H,3-10H2,1-2H3;1H.